The van der Waals surface area contributed by atoms with Crippen LogP contribution in [0.4, 0.5) is 0 Å². The zero-order valence-corrected chi connectivity index (χ0v) is 8.37. The van der Waals surface area contributed by atoms with Crippen molar-refractivity contribution < 1.29 is 9.90 Å². The summed E-state index contributed by atoms with van der Waals surface area (Å²) in [6.07, 6.45) is 6.02. The highest BCUT2D eigenvalue weighted by Gasteiger charge is 2.21. The fraction of sp³-hybridized carbons (Fsp3) is 0.556. The van der Waals surface area contributed by atoms with Gasteiger partial charge in [0.05, 0.1) is 0 Å². The van der Waals surface area contributed by atoms with Crippen LogP contribution in [0.25, 0.3) is 0 Å². The molecule has 0 saturated heterocycles. The van der Waals surface area contributed by atoms with Crippen LogP contribution in [0.3, 0.4) is 0 Å². The van der Waals surface area contributed by atoms with Gasteiger partial charge in [-0.05, 0) is 24.4 Å². The molecule has 0 atom stereocenters. The van der Waals surface area contributed by atoms with Gasteiger partial charge in [-0.15, -0.1) is 0 Å². The first-order chi connectivity index (χ1) is 6.68. The maximum atomic E-state index is 10.6. The molecule has 76 valence electrons. The van der Waals surface area contributed by atoms with Crippen LogP contribution in [0.15, 0.2) is 6.20 Å². The van der Waals surface area contributed by atoms with E-state index in [0.29, 0.717) is 6.04 Å². The number of carboxylic acid groups (broad SMARTS) is 1. The van der Waals surface area contributed by atoms with Gasteiger partial charge >= 0.3 is 5.97 Å². The van der Waals surface area contributed by atoms with E-state index < -0.39 is 5.97 Å². The molecule has 1 aromatic rings. The van der Waals surface area contributed by atoms with Crippen molar-refractivity contribution >= 4 is 17.6 Å². The standard InChI is InChI=1S/C9H11ClN2O2/c10-9-11-7(8(13)14)5-12(9)6-3-1-2-4-6/h5-6H,1-4H2,(H,13,14). The summed E-state index contributed by atoms with van der Waals surface area (Å²) in [6, 6.07) is 0.336. The SMILES string of the molecule is O=C(O)c1cn(C2CCCC2)c(Cl)n1. The number of halogens is 1. The third-order valence-electron chi connectivity index (χ3n) is 2.62. The van der Waals surface area contributed by atoms with E-state index in [1.54, 1.807) is 4.57 Å². The summed E-state index contributed by atoms with van der Waals surface area (Å²) >= 11 is 5.86. The summed E-state index contributed by atoms with van der Waals surface area (Å²) in [5.74, 6) is -1.02. The molecule has 1 saturated carbocycles. The molecule has 0 spiro atoms. The monoisotopic (exact) mass is 214 g/mol. The minimum Gasteiger partial charge on any atom is -0.476 e. The normalized spacial score (nSPS) is 17.5. The number of rotatable bonds is 2. The Hall–Kier alpha value is -1.03. The van der Waals surface area contributed by atoms with Gasteiger partial charge in [0, 0.05) is 12.2 Å². The first-order valence-corrected chi connectivity index (χ1v) is 5.04. The molecule has 14 heavy (non-hydrogen) atoms. The number of hydrogen-bond donors (Lipinski definition) is 1. The largest absolute Gasteiger partial charge is 0.476 e. The predicted molar refractivity (Wildman–Crippen MR) is 51.7 cm³/mol. The summed E-state index contributed by atoms with van der Waals surface area (Å²) in [5, 5.41) is 9.02. The highest BCUT2D eigenvalue weighted by atomic mass is 35.5. The molecule has 0 bridgehead atoms. The van der Waals surface area contributed by atoms with E-state index in [2.05, 4.69) is 4.98 Å². The minimum atomic E-state index is -1.02. The zero-order chi connectivity index (χ0) is 10.1. The second kappa shape index (κ2) is 3.61. The van der Waals surface area contributed by atoms with Crippen molar-refractivity contribution in [1.29, 1.82) is 0 Å². The lowest BCUT2D eigenvalue weighted by Gasteiger charge is -2.10. The molecule has 0 radical (unpaired) electrons. The fourth-order valence-electron chi connectivity index (χ4n) is 1.91. The number of aromatic carboxylic acids is 1. The number of nitrogens with zero attached hydrogens (tertiary/aromatic N) is 2. The maximum absolute atomic E-state index is 10.6. The average molecular weight is 215 g/mol. The predicted octanol–water partition coefficient (Wildman–Crippen LogP) is 2.35. The molecular weight excluding hydrogens is 204 g/mol. The third kappa shape index (κ3) is 1.62. The Bertz CT molecular complexity index is 356. The van der Waals surface area contributed by atoms with Gasteiger partial charge in [0.15, 0.2) is 5.69 Å². The molecule has 1 heterocycles. The molecule has 1 aliphatic carbocycles. The van der Waals surface area contributed by atoms with Crippen molar-refractivity contribution in [2.24, 2.45) is 0 Å². The Balaban J connectivity index is 2.28. The smallest absolute Gasteiger partial charge is 0.356 e. The van der Waals surface area contributed by atoms with E-state index in [-0.39, 0.29) is 11.0 Å². The summed E-state index contributed by atoms with van der Waals surface area (Å²) in [6.45, 7) is 0. The summed E-state index contributed by atoms with van der Waals surface area (Å²) in [4.78, 5) is 14.4. The van der Waals surface area contributed by atoms with Crippen LogP contribution in [0.5, 0.6) is 0 Å². The number of carboxylic acids is 1. The molecular formula is C9H11ClN2O2. The Morgan fingerprint density at radius 1 is 1.57 bits per heavy atom. The lowest BCUT2D eigenvalue weighted by Crippen LogP contribution is -2.03. The molecule has 0 aromatic carbocycles. The summed E-state index contributed by atoms with van der Waals surface area (Å²) < 4.78 is 1.78. The first-order valence-electron chi connectivity index (χ1n) is 4.66. The van der Waals surface area contributed by atoms with Gasteiger partial charge in [-0.25, -0.2) is 9.78 Å². The first kappa shape index (κ1) is 9.52. The minimum absolute atomic E-state index is 0.0295. The van der Waals surface area contributed by atoms with Crippen LogP contribution in [0, 0.1) is 0 Å². The van der Waals surface area contributed by atoms with E-state index in [4.69, 9.17) is 16.7 Å². The lowest BCUT2D eigenvalue weighted by molar-refractivity contribution is 0.0691. The highest BCUT2D eigenvalue weighted by Crippen LogP contribution is 2.31. The van der Waals surface area contributed by atoms with Gasteiger partial charge < -0.3 is 9.67 Å². The van der Waals surface area contributed by atoms with Gasteiger partial charge in [-0.2, -0.15) is 0 Å². The van der Waals surface area contributed by atoms with Crippen LogP contribution in [0.1, 0.15) is 42.2 Å². The average Bonchev–Trinajstić information content (AvgIpc) is 2.71. The Morgan fingerprint density at radius 3 is 2.71 bits per heavy atom. The van der Waals surface area contributed by atoms with E-state index in [1.165, 1.54) is 19.0 Å². The molecule has 1 aliphatic rings. The van der Waals surface area contributed by atoms with Crippen LogP contribution in [-0.4, -0.2) is 20.6 Å². The number of hydrogen-bond acceptors (Lipinski definition) is 2. The van der Waals surface area contributed by atoms with Gasteiger partial charge in [0.2, 0.25) is 5.28 Å². The molecule has 1 N–H and O–H groups in total. The van der Waals surface area contributed by atoms with Crippen molar-refractivity contribution in [3.8, 4) is 0 Å². The van der Waals surface area contributed by atoms with Crippen LogP contribution < -0.4 is 0 Å². The lowest BCUT2D eigenvalue weighted by atomic mass is 10.2. The van der Waals surface area contributed by atoms with Crippen LogP contribution in [-0.2, 0) is 0 Å². The van der Waals surface area contributed by atoms with E-state index in [9.17, 15) is 4.79 Å². The van der Waals surface area contributed by atoms with Crippen molar-refractivity contribution in [2.75, 3.05) is 0 Å². The van der Waals surface area contributed by atoms with Gasteiger partial charge in [-0.1, -0.05) is 12.8 Å². The Labute approximate surface area is 86.5 Å². The van der Waals surface area contributed by atoms with Crippen molar-refractivity contribution in [1.82, 2.24) is 9.55 Å². The Kier molecular flexibility index (Phi) is 2.46. The second-order valence-electron chi connectivity index (χ2n) is 3.55. The van der Waals surface area contributed by atoms with Gasteiger partial charge in [-0.3, -0.25) is 0 Å². The summed E-state index contributed by atoms with van der Waals surface area (Å²) in [7, 11) is 0. The Morgan fingerprint density at radius 2 is 2.21 bits per heavy atom. The maximum Gasteiger partial charge on any atom is 0.356 e. The zero-order valence-electron chi connectivity index (χ0n) is 7.61. The third-order valence-corrected chi connectivity index (χ3v) is 2.90. The summed E-state index contributed by atoms with van der Waals surface area (Å²) in [5.41, 5.74) is 0.0295. The molecule has 1 aromatic heterocycles. The fourth-order valence-corrected chi connectivity index (χ4v) is 2.19. The molecule has 0 unspecified atom stereocenters. The number of imidazole rings is 1. The molecule has 4 nitrogen and oxygen atoms in total. The highest BCUT2D eigenvalue weighted by molar-refractivity contribution is 6.28. The number of aromatic nitrogens is 2. The van der Waals surface area contributed by atoms with Crippen molar-refractivity contribution in [3.05, 3.63) is 17.2 Å². The molecule has 0 amide bonds. The van der Waals surface area contributed by atoms with Gasteiger partial charge in [0.25, 0.3) is 0 Å². The van der Waals surface area contributed by atoms with E-state index in [0.717, 1.165) is 12.8 Å². The quantitative estimate of drug-likeness (QED) is 0.822. The van der Waals surface area contributed by atoms with Crippen LogP contribution in [0.2, 0.25) is 5.28 Å². The van der Waals surface area contributed by atoms with Crippen molar-refractivity contribution in [2.45, 2.75) is 31.7 Å². The van der Waals surface area contributed by atoms with Crippen molar-refractivity contribution in [3.63, 3.8) is 0 Å². The van der Waals surface area contributed by atoms with Crippen LogP contribution >= 0.6 is 11.6 Å². The molecule has 5 heteroatoms. The van der Waals surface area contributed by atoms with E-state index >= 15 is 0 Å². The molecule has 1 fully saturated rings. The van der Waals surface area contributed by atoms with E-state index in [1.807, 2.05) is 0 Å². The number of carbonyl (C=O) groups is 1. The second-order valence-corrected chi connectivity index (χ2v) is 3.88. The molecule has 0 aliphatic heterocycles. The van der Waals surface area contributed by atoms with Gasteiger partial charge in [0.1, 0.15) is 0 Å². The topological polar surface area (TPSA) is 55.1 Å². The molecule has 2 rings (SSSR count).